The van der Waals surface area contributed by atoms with Gasteiger partial charge in [0.25, 0.3) is 10.1 Å². The monoisotopic (exact) mass is 488 g/mol. The van der Waals surface area contributed by atoms with Crippen LogP contribution in [-0.4, -0.2) is 43.8 Å². The van der Waals surface area contributed by atoms with Crippen LogP contribution in [0.3, 0.4) is 0 Å². The third-order valence-corrected chi connectivity index (χ3v) is 9.07. The lowest BCUT2D eigenvalue weighted by atomic mass is 9.39. The highest BCUT2D eigenvalue weighted by molar-refractivity contribution is 7.85. The van der Waals surface area contributed by atoms with Crippen molar-refractivity contribution in [3.05, 3.63) is 36.3 Å². The number of hydrogen-bond acceptors (Lipinski definition) is 6. The summed E-state index contributed by atoms with van der Waals surface area (Å²) < 4.78 is 47.4. The van der Waals surface area contributed by atoms with Crippen molar-refractivity contribution in [1.29, 1.82) is 0 Å². The number of pyridine rings is 1. The summed E-state index contributed by atoms with van der Waals surface area (Å²) in [5.41, 5.74) is 0.461. The van der Waals surface area contributed by atoms with E-state index in [0.29, 0.717) is 34.4 Å². The van der Waals surface area contributed by atoms with Crippen LogP contribution in [0.2, 0.25) is 0 Å². The first-order valence-corrected chi connectivity index (χ1v) is 13.7. The second-order valence-corrected chi connectivity index (χ2v) is 12.8. The van der Waals surface area contributed by atoms with Gasteiger partial charge in [0, 0.05) is 28.5 Å². The minimum Gasteiger partial charge on any atom is -0.490 e. The zero-order chi connectivity index (χ0) is 23.9. The SMILES string of the molecule is CC(C(=O)NC12CC(COS(C)(=O)=O)(C1)C2)[C@@H]1[C@@H]2C[C@@H](Oc3ccnc4ccc(F)cc34)C[C@@H]21. The summed E-state index contributed by atoms with van der Waals surface area (Å²) in [6.45, 7) is 2.23. The van der Waals surface area contributed by atoms with Gasteiger partial charge in [-0.25, -0.2) is 4.39 Å². The second kappa shape index (κ2) is 7.37. The van der Waals surface area contributed by atoms with Gasteiger partial charge in [-0.05, 0) is 74.1 Å². The first-order chi connectivity index (χ1) is 16.1. The number of fused-ring (bicyclic) bond motifs is 2. The fourth-order valence-corrected chi connectivity index (χ4v) is 7.59. The molecule has 0 radical (unpaired) electrons. The standard InChI is InChI=1S/C25H29FN2O5S/c1-14(23(29)28-25-10-24(11-25,12-25)13-32-34(2,30)31)22-17-8-16(9-18(17)22)33-21-5-6-27-20-4-3-15(26)7-19(20)21/h3-7,14,16-18,22H,8-13H2,1-2H3,(H,28,29)/t14?,16-,17-,18+,22-,24?,25?. The molecule has 1 aromatic carbocycles. The molecule has 7 rings (SSSR count). The zero-order valence-electron chi connectivity index (χ0n) is 19.3. The van der Waals surface area contributed by atoms with Crippen LogP contribution in [0, 0.1) is 34.9 Å². The Morgan fingerprint density at radius 3 is 2.62 bits per heavy atom. The summed E-state index contributed by atoms with van der Waals surface area (Å²) in [6, 6.07) is 6.31. The molecule has 9 heteroatoms. The average molecular weight is 489 g/mol. The van der Waals surface area contributed by atoms with Crippen LogP contribution in [0.15, 0.2) is 30.5 Å². The second-order valence-electron chi connectivity index (χ2n) is 11.1. The lowest BCUT2D eigenvalue weighted by molar-refractivity contribution is -0.180. The molecular formula is C25H29FN2O5S. The third-order valence-electron chi connectivity index (χ3n) is 8.52. The van der Waals surface area contributed by atoms with Crippen molar-refractivity contribution in [2.75, 3.05) is 12.9 Å². The van der Waals surface area contributed by atoms with Crippen LogP contribution < -0.4 is 10.1 Å². The summed E-state index contributed by atoms with van der Waals surface area (Å²) in [7, 11) is -3.43. The largest absolute Gasteiger partial charge is 0.490 e. The van der Waals surface area contributed by atoms with Crippen molar-refractivity contribution in [2.24, 2.45) is 29.1 Å². The van der Waals surface area contributed by atoms with Gasteiger partial charge in [0.2, 0.25) is 5.91 Å². The number of carbonyl (C=O) groups excluding carboxylic acids is 1. The van der Waals surface area contributed by atoms with Gasteiger partial charge < -0.3 is 10.1 Å². The van der Waals surface area contributed by atoms with Crippen LogP contribution in [0.4, 0.5) is 4.39 Å². The molecule has 182 valence electrons. The molecule has 5 aliphatic rings. The fourth-order valence-electron chi connectivity index (χ4n) is 7.12. The summed E-state index contributed by atoms with van der Waals surface area (Å²) in [5, 5.41) is 3.94. The maximum atomic E-state index is 13.7. The predicted octanol–water partition coefficient (Wildman–Crippen LogP) is 3.43. The molecule has 2 aromatic rings. The summed E-state index contributed by atoms with van der Waals surface area (Å²) in [5.74, 6) is 1.75. The van der Waals surface area contributed by atoms with Crippen molar-refractivity contribution in [1.82, 2.24) is 10.3 Å². The normalized spacial score (nSPS) is 36.2. The van der Waals surface area contributed by atoms with Gasteiger partial charge in [-0.15, -0.1) is 0 Å². The van der Waals surface area contributed by atoms with Gasteiger partial charge in [0.15, 0.2) is 0 Å². The number of nitrogens with one attached hydrogen (secondary N) is 1. The minimum atomic E-state index is -3.43. The van der Waals surface area contributed by atoms with Crippen LogP contribution in [0.5, 0.6) is 5.75 Å². The van der Waals surface area contributed by atoms with Crippen LogP contribution in [-0.2, 0) is 19.1 Å². The Morgan fingerprint density at radius 1 is 1.24 bits per heavy atom. The summed E-state index contributed by atoms with van der Waals surface area (Å²) >= 11 is 0. The predicted molar refractivity (Wildman–Crippen MR) is 123 cm³/mol. The zero-order valence-corrected chi connectivity index (χ0v) is 20.1. The van der Waals surface area contributed by atoms with E-state index < -0.39 is 10.1 Å². The molecule has 5 saturated carbocycles. The van der Waals surface area contributed by atoms with Gasteiger partial charge in [0.1, 0.15) is 11.6 Å². The Hall–Kier alpha value is -2.26. The van der Waals surface area contributed by atoms with Gasteiger partial charge >= 0.3 is 0 Å². The highest BCUT2D eigenvalue weighted by Gasteiger charge is 2.69. The molecular weight excluding hydrogens is 459 g/mol. The topological polar surface area (TPSA) is 94.6 Å². The molecule has 1 heterocycles. The molecule has 0 aliphatic heterocycles. The van der Waals surface area contributed by atoms with E-state index in [4.69, 9.17) is 8.92 Å². The molecule has 1 N–H and O–H groups in total. The Labute approximate surface area is 198 Å². The molecule has 1 unspecified atom stereocenters. The molecule has 5 fully saturated rings. The van der Waals surface area contributed by atoms with E-state index in [2.05, 4.69) is 10.3 Å². The van der Waals surface area contributed by atoms with Crippen molar-refractivity contribution >= 4 is 26.9 Å². The lowest BCUT2D eigenvalue weighted by Crippen LogP contribution is -2.76. The van der Waals surface area contributed by atoms with Gasteiger partial charge in [-0.2, -0.15) is 8.42 Å². The van der Waals surface area contributed by atoms with Gasteiger partial charge in [-0.1, -0.05) is 6.92 Å². The average Bonchev–Trinajstić information content (AvgIpc) is 3.22. The molecule has 5 aliphatic carbocycles. The van der Waals surface area contributed by atoms with E-state index in [1.165, 1.54) is 12.1 Å². The molecule has 0 saturated heterocycles. The molecule has 0 spiro atoms. The molecule has 7 nitrogen and oxygen atoms in total. The van der Waals surface area contributed by atoms with E-state index >= 15 is 0 Å². The number of ether oxygens (including phenoxy) is 1. The Bertz CT molecular complexity index is 1250. The maximum absolute atomic E-state index is 13.7. The van der Waals surface area contributed by atoms with Crippen molar-refractivity contribution in [3.63, 3.8) is 0 Å². The van der Waals surface area contributed by atoms with Crippen LogP contribution in [0.25, 0.3) is 10.9 Å². The minimum absolute atomic E-state index is 0.0518. The first kappa shape index (κ1) is 22.2. The van der Waals surface area contributed by atoms with Gasteiger partial charge in [0.05, 0.1) is 24.5 Å². The lowest BCUT2D eigenvalue weighted by Gasteiger charge is -2.70. The molecule has 5 atom stereocenters. The molecule has 2 bridgehead atoms. The molecule has 34 heavy (non-hydrogen) atoms. The third kappa shape index (κ3) is 3.77. The highest BCUT2D eigenvalue weighted by atomic mass is 32.2. The Kier molecular flexibility index (Phi) is 4.82. The number of aromatic nitrogens is 1. The number of nitrogens with zero attached hydrogens (tertiary/aromatic N) is 1. The van der Waals surface area contributed by atoms with Crippen molar-refractivity contribution < 1.29 is 26.5 Å². The van der Waals surface area contributed by atoms with E-state index in [0.717, 1.165) is 38.4 Å². The number of rotatable bonds is 8. The fraction of sp³-hybridized carbons (Fsp3) is 0.600. The van der Waals surface area contributed by atoms with Crippen LogP contribution in [0.1, 0.15) is 39.0 Å². The van der Waals surface area contributed by atoms with E-state index in [9.17, 15) is 17.6 Å². The number of amides is 1. The van der Waals surface area contributed by atoms with Crippen molar-refractivity contribution in [3.8, 4) is 5.75 Å². The summed E-state index contributed by atoms with van der Waals surface area (Å²) in [4.78, 5) is 17.2. The first-order valence-electron chi connectivity index (χ1n) is 11.9. The number of hydrogen-bond donors (Lipinski definition) is 1. The number of carbonyl (C=O) groups is 1. The highest BCUT2D eigenvalue weighted by Crippen LogP contribution is 2.68. The van der Waals surface area contributed by atoms with Crippen molar-refractivity contribution in [2.45, 2.75) is 50.7 Å². The van der Waals surface area contributed by atoms with Gasteiger partial charge in [-0.3, -0.25) is 14.0 Å². The quantitative estimate of drug-likeness (QED) is 0.572. The summed E-state index contributed by atoms with van der Waals surface area (Å²) in [6.07, 6.45) is 7.02. The maximum Gasteiger partial charge on any atom is 0.264 e. The van der Waals surface area contributed by atoms with E-state index in [-0.39, 0.29) is 41.3 Å². The smallest absolute Gasteiger partial charge is 0.264 e. The Balaban J connectivity index is 1.00. The molecule has 1 amide bonds. The van der Waals surface area contributed by atoms with Crippen LogP contribution >= 0.6 is 0 Å². The Morgan fingerprint density at radius 2 is 1.94 bits per heavy atom. The van der Waals surface area contributed by atoms with E-state index in [1.807, 2.05) is 6.92 Å². The number of benzene rings is 1. The van der Waals surface area contributed by atoms with E-state index in [1.54, 1.807) is 18.3 Å². The number of halogens is 1. The molecule has 1 aromatic heterocycles.